The van der Waals surface area contributed by atoms with Crippen molar-refractivity contribution >= 4 is 29.2 Å². The molecule has 0 unspecified atom stereocenters. The third-order valence-electron chi connectivity index (χ3n) is 5.67. The number of amides is 4. The van der Waals surface area contributed by atoms with Crippen molar-refractivity contribution in [2.75, 3.05) is 25.0 Å². The standard InChI is InChI=1S/C19H25N5O5/c1-13-6-4-5-9-19(13)17(26)23(18(27)22-19)12-16(25)21-11-10-20-14-7-2-3-8-15(14)24(28)29/h2-3,7-8,13,20H,4-6,9-12H2,1H3,(H,21,25)(H,22,27)/t13-,19-/m0/s1. The average Bonchev–Trinajstić information content (AvgIpc) is 2.93. The second kappa shape index (κ2) is 8.46. The highest BCUT2D eigenvalue weighted by Crippen LogP contribution is 2.38. The van der Waals surface area contributed by atoms with Crippen molar-refractivity contribution in [3.63, 3.8) is 0 Å². The number of nitro benzene ring substituents is 1. The van der Waals surface area contributed by atoms with Crippen molar-refractivity contribution < 1.29 is 19.3 Å². The van der Waals surface area contributed by atoms with E-state index in [1.807, 2.05) is 6.92 Å². The molecule has 29 heavy (non-hydrogen) atoms. The number of rotatable bonds is 7. The summed E-state index contributed by atoms with van der Waals surface area (Å²) >= 11 is 0. The molecule has 4 amide bonds. The van der Waals surface area contributed by atoms with Crippen LogP contribution in [0.5, 0.6) is 0 Å². The van der Waals surface area contributed by atoms with Crippen molar-refractivity contribution in [3.8, 4) is 0 Å². The molecule has 10 heteroatoms. The predicted molar refractivity (Wildman–Crippen MR) is 105 cm³/mol. The summed E-state index contributed by atoms with van der Waals surface area (Å²) in [6, 6.07) is 5.69. The van der Waals surface area contributed by atoms with Gasteiger partial charge in [-0.05, 0) is 24.8 Å². The topological polar surface area (TPSA) is 134 Å². The van der Waals surface area contributed by atoms with Gasteiger partial charge in [-0.3, -0.25) is 24.6 Å². The van der Waals surface area contributed by atoms with Gasteiger partial charge in [0, 0.05) is 19.2 Å². The zero-order valence-electron chi connectivity index (χ0n) is 16.3. The molecule has 0 radical (unpaired) electrons. The molecule has 1 spiro atoms. The van der Waals surface area contributed by atoms with Crippen molar-refractivity contribution in [2.45, 2.75) is 38.1 Å². The zero-order chi connectivity index (χ0) is 21.0. The molecule has 2 atom stereocenters. The van der Waals surface area contributed by atoms with Crippen LogP contribution in [0, 0.1) is 16.0 Å². The van der Waals surface area contributed by atoms with E-state index >= 15 is 0 Å². The number of nitrogens with one attached hydrogen (secondary N) is 3. The Hall–Kier alpha value is -3.17. The Morgan fingerprint density at radius 3 is 2.79 bits per heavy atom. The molecule has 1 aliphatic heterocycles. The van der Waals surface area contributed by atoms with E-state index in [2.05, 4.69) is 16.0 Å². The largest absolute Gasteiger partial charge is 0.378 e. The van der Waals surface area contributed by atoms with Gasteiger partial charge in [-0.25, -0.2) is 4.79 Å². The Bertz CT molecular complexity index is 829. The molecule has 1 saturated heterocycles. The highest BCUT2D eigenvalue weighted by molar-refractivity contribution is 6.09. The lowest BCUT2D eigenvalue weighted by molar-refractivity contribution is -0.384. The monoisotopic (exact) mass is 403 g/mol. The molecule has 3 rings (SSSR count). The Balaban J connectivity index is 1.49. The second-order valence-corrected chi connectivity index (χ2v) is 7.49. The number of para-hydroxylation sites is 2. The van der Waals surface area contributed by atoms with E-state index in [9.17, 15) is 24.5 Å². The summed E-state index contributed by atoms with van der Waals surface area (Å²) in [6.07, 6.45) is 3.35. The summed E-state index contributed by atoms with van der Waals surface area (Å²) in [5.74, 6) is -0.757. The Morgan fingerprint density at radius 1 is 1.31 bits per heavy atom. The van der Waals surface area contributed by atoms with Crippen LogP contribution in [0.4, 0.5) is 16.2 Å². The van der Waals surface area contributed by atoms with Crippen molar-refractivity contribution in [1.82, 2.24) is 15.5 Å². The van der Waals surface area contributed by atoms with Crippen molar-refractivity contribution in [1.29, 1.82) is 0 Å². The number of urea groups is 1. The molecule has 156 valence electrons. The summed E-state index contributed by atoms with van der Waals surface area (Å²) < 4.78 is 0. The van der Waals surface area contributed by atoms with Crippen molar-refractivity contribution in [3.05, 3.63) is 34.4 Å². The van der Waals surface area contributed by atoms with Gasteiger partial charge in [0.1, 0.15) is 17.8 Å². The highest BCUT2D eigenvalue weighted by Gasteiger charge is 2.55. The smallest absolute Gasteiger partial charge is 0.325 e. The molecule has 0 bridgehead atoms. The molecule has 1 heterocycles. The number of benzene rings is 1. The first-order valence-corrected chi connectivity index (χ1v) is 9.73. The average molecular weight is 403 g/mol. The normalized spacial score (nSPS) is 23.8. The number of imide groups is 1. The van der Waals surface area contributed by atoms with Gasteiger partial charge >= 0.3 is 6.03 Å². The van der Waals surface area contributed by atoms with Gasteiger partial charge in [-0.1, -0.05) is 31.9 Å². The molecule has 2 fully saturated rings. The maximum atomic E-state index is 12.8. The fourth-order valence-corrected chi connectivity index (χ4v) is 4.02. The first-order chi connectivity index (χ1) is 13.8. The molecule has 2 aliphatic rings. The first kappa shape index (κ1) is 20.6. The molecule has 3 N–H and O–H groups in total. The van der Waals surface area contributed by atoms with Gasteiger partial charge in [-0.15, -0.1) is 0 Å². The fraction of sp³-hybridized carbons (Fsp3) is 0.526. The summed E-state index contributed by atoms with van der Waals surface area (Å²) in [7, 11) is 0. The number of nitro groups is 1. The Morgan fingerprint density at radius 2 is 2.07 bits per heavy atom. The number of carbonyl (C=O) groups excluding carboxylic acids is 3. The molecule has 1 aromatic rings. The molecular formula is C19H25N5O5. The van der Waals surface area contributed by atoms with E-state index < -0.39 is 22.4 Å². The van der Waals surface area contributed by atoms with Crippen LogP contribution in [0.3, 0.4) is 0 Å². The van der Waals surface area contributed by atoms with E-state index in [1.165, 1.54) is 6.07 Å². The van der Waals surface area contributed by atoms with E-state index in [-0.39, 0.29) is 37.1 Å². The van der Waals surface area contributed by atoms with Crippen LogP contribution in [0.15, 0.2) is 24.3 Å². The number of nitrogens with zero attached hydrogens (tertiary/aromatic N) is 2. The second-order valence-electron chi connectivity index (χ2n) is 7.49. The summed E-state index contributed by atoms with van der Waals surface area (Å²) in [5, 5.41) is 19.3. The molecule has 1 aromatic carbocycles. The molecule has 1 saturated carbocycles. The lowest BCUT2D eigenvalue weighted by Crippen LogP contribution is -2.54. The minimum atomic E-state index is -0.886. The number of carbonyl (C=O) groups is 3. The van der Waals surface area contributed by atoms with Crippen LogP contribution in [-0.4, -0.2) is 52.8 Å². The molecular weight excluding hydrogens is 378 g/mol. The van der Waals surface area contributed by atoms with Crippen LogP contribution in [0.2, 0.25) is 0 Å². The Kier molecular flexibility index (Phi) is 6.00. The zero-order valence-corrected chi connectivity index (χ0v) is 16.3. The lowest BCUT2D eigenvalue weighted by atomic mass is 9.73. The fourth-order valence-electron chi connectivity index (χ4n) is 4.02. The van der Waals surface area contributed by atoms with Crippen LogP contribution in [0.1, 0.15) is 32.6 Å². The maximum absolute atomic E-state index is 12.8. The van der Waals surface area contributed by atoms with Crippen LogP contribution >= 0.6 is 0 Å². The minimum Gasteiger partial charge on any atom is -0.378 e. The van der Waals surface area contributed by atoms with Crippen molar-refractivity contribution in [2.24, 2.45) is 5.92 Å². The van der Waals surface area contributed by atoms with Gasteiger partial charge < -0.3 is 16.0 Å². The van der Waals surface area contributed by atoms with Gasteiger partial charge in [-0.2, -0.15) is 0 Å². The van der Waals surface area contributed by atoms with E-state index in [4.69, 9.17) is 0 Å². The van der Waals surface area contributed by atoms with E-state index in [1.54, 1.807) is 18.2 Å². The summed E-state index contributed by atoms with van der Waals surface area (Å²) in [5.41, 5.74) is -0.581. The lowest BCUT2D eigenvalue weighted by Gasteiger charge is -2.36. The first-order valence-electron chi connectivity index (χ1n) is 9.73. The third kappa shape index (κ3) is 4.15. The van der Waals surface area contributed by atoms with E-state index in [0.29, 0.717) is 12.1 Å². The van der Waals surface area contributed by atoms with E-state index in [0.717, 1.165) is 24.2 Å². The SMILES string of the molecule is C[C@H]1CCCC[C@]12NC(=O)N(CC(=O)NCCNc1ccccc1[N+](=O)[O-])C2=O. The van der Waals surface area contributed by atoms with Gasteiger partial charge in [0.15, 0.2) is 0 Å². The molecule has 1 aliphatic carbocycles. The van der Waals surface area contributed by atoms with Gasteiger partial charge in [0.05, 0.1) is 4.92 Å². The summed E-state index contributed by atoms with van der Waals surface area (Å²) in [4.78, 5) is 48.8. The van der Waals surface area contributed by atoms with Crippen LogP contribution < -0.4 is 16.0 Å². The Labute approximate surface area is 168 Å². The number of anilines is 1. The van der Waals surface area contributed by atoms with Gasteiger partial charge in [0.25, 0.3) is 11.6 Å². The third-order valence-corrected chi connectivity index (χ3v) is 5.67. The molecule has 10 nitrogen and oxygen atoms in total. The number of hydrogen-bond donors (Lipinski definition) is 3. The predicted octanol–water partition coefficient (Wildman–Crippen LogP) is 1.62. The highest BCUT2D eigenvalue weighted by atomic mass is 16.6. The minimum absolute atomic E-state index is 0.0339. The van der Waals surface area contributed by atoms with Gasteiger partial charge in [0.2, 0.25) is 5.91 Å². The molecule has 0 aromatic heterocycles. The number of hydrogen-bond acceptors (Lipinski definition) is 6. The quantitative estimate of drug-likeness (QED) is 0.274. The van der Waals surface area contributed by atoms with Crippen LogP contribution in [-0.2, 0) is 9.59 Å². The van der Waals surface area contributed by atoms with Crippen LogP contribution in [0.25, 0.3) is 0 Å². The summed E-state index contributed by atoms with van der Waals surface area (Å²) in [6.45, 7) is 2.06. The maximum Gasteiger partial charge on any atom is 0.325 e.